The molecule has 0 aromatic heterocycles. The maximum atomic E-state index is 12.7. The molecule has 1 unspecified atom stereocenters. The Balaban J connectivity index is 4.53. The Bertz CT molecular complexity index is 1260. The minimum atomic E-state index is -0.842. The van der Waals surface area contributed by atoms with E-state index >= 15 is 0 Å². The number of hydrogen-bond acceptors (Lipinski definition) is 6. The third kappa shape index (κ3) is 47.4. The van der Waals surface area contributed by atoms with Gasteiger partial charge < -0.3 is 14.2 Å². The second-order valence-electron chi connectivity index (χ2n) is 16.3. The van der Waals surface area contributed by atoms with Crippen molar-refractivity contribution < 1.29 is 28.6 Å². The first-order valence-corrected chi connectivity index (χ1v) is 25.2. The molecule has 62 heavy (non-hydrogen) atoms. The highest BCUT2D eigenvalue weighted by Gasteiger charge is 2.19. The molecule has 1 atom stereocenters. The van der Waals surface area contributed by atoms with Gasteiger partial charge in [0.25, 0.3) is 0 Å². The normalized spacial score (nSPS) is 12.9. The zero-order valence-corrected chi connectivity index (χ0v) is 40.1. The number of carbonyl (C=O) groups excluding carboxylic acids is 3. The first-order chi connectivity index (χ1) is 30.5. The number of carbonyl (C=O) groups is 3. The Morgan fingerprint density at radius 2 is 0.677 bits per heavy atom. The third-order valence-corrected chi connectivity index (χ3v) is 10.4. The van der Waals surface area contributed by atoms with Crippen molar-refractivity contribution in [1.82, 2.24) is 0 Å². The molecule has 0 fully saturated rings. The minimum absolute atomic E-state index is 0.0894. The van der Waals surface area contributed by atoms with E-state index in [9.17, 15) is 14.4 Å². The lowest BCUT2D eigenvalue weighted by atomic mass is 10.0. The number of esters is 3. The van der Waals surface area contributed by atoms with Crippen LogP contribution in [-0.4, -0.2) is 37.2 Å². The molecule has 0 aromatic carbocycles. The highest BCUT2D eigenvalue weighted by molar-refractivity contribution is 5.72. The molecule has 0 heterocycles. The molecule has 0 N–H and O–H groups in total. The Kier molecular flexibility index (Phi) is 47.0. The minimum Gasteiger partial charge on any atom is -0.462 e. The summed E-state index contributed by atoms with van der Waals surface area (Å²) >= 11 is 0. The van der Waals surface area contributed by atoms with E-state index in [0.29, 0.717) is 19.3 Å². The van der Waals surface area contributed by atoms with Gasteiger partial charge in [0.1, 0.15) is 13.2 Å². The van der Waals surface area contributed by atoms with Crippen LogP contribution in [0.5, 0.6) is 0 Å². The molecule has 0 saturated carbocycles. The van der Waals surface area contributed by atoms with Crippen LogP contribution in [0.3, 0.4) is 0 Å². The highest BCUT2D eigenvalue weighted by atomic mass is 16.6. The van der Waals surface area contributed by atoms with Crippen molar-refractivity contribution in [3.8, 4) is 0 Å². The van der Waals surface area contributed by atoms with Gasteiger partial charge in [-0.25, -0.2) is 0 Å². The number of unbranched alkanes of at least 4 members (excludes halogenated alkanes) is 18. The molecule has 0 aliphatic carbocycles. The van der Waals surface area contributed by atoms with Gasteiger partial charge in [-0.1, -0.05) is 221 Å². The van der Waals surface area contributed by atoms with Crippen molar-refractivity contribution in [1.29, 1.82) is 0 Å². The van der Waals surface area contributed by atoms with Crippen LogP contribution in [0.25, 0.3) is 0 Å². The Hall–Kier alpha value is -3.67. The summed E-state index contributed by atoms with van der Waals surface area (Å²) in [4.78, 5) is 37.9. The summed E-state index contributed by atoms with van der Waals surface area (Å²) in [7, 11) is 0. The van der Waals surface area contributed by atoms with Gasteiger partial charge >= 0.3 is 17.9 Å². The molecule has 6 nitrogen and oxygen atoms in total. The largest absolute Gasteiger partial charge is 0.462 e. The van der Waals surface area contributed by atoms with Crippen molar-refractivity contribution in [2.24, 2.45) is 0 Å². The number of rotatable bonds is 44. The monoisotopic (exact) mass is 861 g/mol. The van der Waals surface area contributed by atoms with Crippen LogP contribution in [0.15, 0.2) is 97.2 Å². The second kappa shape index (κ2) is 50.0. The highest BCUT2D eigenvalue weighted by Crippen LogP contribution is 2.15. The fourth-order valence-electron chi connectivity index (χ4n) is 6.65. The Morgan fingerprint density at radius 3 is 1.06 bits per heavy atom. The zero-order chi connectivity index (χ0) is 45.1. The van der Waals surface area contributed by atoms with Crippen molar-refractivity contribution in [2.75, 3.05) is 13.2 Å². The Labute approximate surface area is 381 Å². The van der Waals surface area contributed by atoms with E-state index in [1.807, 2.05) is 6.08 Å². The lowest BCUT2D eigenvalue weighted by Gasteiger charge is -2.18. The molecular formula is C56H92O6. The average Bonchev–Trinajstić information content (AvgIpc) is 3.27. The average molecular weight is 861 g/mol. The predicted octanol–water partition coefficient (Wildman–Crippen LogP) is 16.6. The summed E-state index contributed by atoms with van der Waals surface area (Å²) in [5.74, 6) is -1.09. The molecule has 0 radical (unpaired) electrons. The van der Waals surface area contributed by atoms with Crippen LogP contribution in [0.2, 0.25) is 0 Å². The van der Waals surface area contributed by atoms with Crippen LogP contribution in [-0.2, 0) is 28.6 Å². The lowest BCUT2D eigenvalue weighted by Crippen LogP contribution is -2.30. The third-order valence-electron chi connectivity index (χ3n) is 10.4. The van der Waals surface area contributed by atoms with Gasteiger partial charge in [-0.05, 0) is 77.0 Å². The van der Waals surface area contributed by atoms with Gasteiger partial charge in [0.05, 0.1) is 6.42 Å². The molecule has 0 bridgehead atoms. The van der Waals surface area contributed by atoms with Crippen LogP contribution >= 0.6 is 0 Å². The van der Waals surface area contributed by atoms with Gasteiger partial charge in [-0.2, -0.15) is 0 Å². The van der Waals surface area contributed by atoms with Gasteiger partial charge in [0, 0.05) is 12.8 Å². The summed E-state index contributed by atoms with van der Waals surface area (Å²) in [6.45, 7) is 6.29. The number of hydrogen-bond donors (Lipinski definition) is 0. The topological polar surface area (TPSA) is 78.9 Å². The molecule has 0 spiro atoms. The molecule has 0 aliphatic heterocycles. The van der Waals surface area contributed by atoms with Crippen molar-refractivity contribution in [3.05, 3.63) is 97.2 Å². The van der Waals surface area contributed by atoms with E-state index in [0.717, 1.165) is 89.9 Å². The van der Waals surface area contributed by atoms with E-state index in [1.165, 1.54) is 83.5 Å². The van der Waals surface area contributed by atoms with Crippen LogP contribution < -0.4 is 0 Å². The molecule has 0 aliphatic rings. The van der Waals surface area contributed by atoms with Crippen molar-refractivity contribution >= 4 is 17.9 Å². The molecule has 0 aromatic rings. The maximum absolute atomic E-state index is 12.7. The van der Waals surface area contributed by atoms with Crippen LogP contribution in [0, 0.1) is 0 Å². The summed E-state index contributed by atoms with van der Waals surface area (Å²) in [6, 6.07) is 0. The molecule has 352 valence electrons. The predicted molar refractivity (Wildman–Crippen MR) is 265 cm³/mol. The fraction of sp³-hybridized carbons (Fsp3) is 0.661. The van der Waals surface area contributed by atoms with Gasteiger partial charge in [-0.15, -0.1) is 0 Å². The summed E-state index contributed by atoms with van der Waals surface area (Å²) in [6.07, 6.45) is 65.6. The molecule has 0 amide bonds. The van der Waals surface area contributed by atoms with E-state index in [-0.39, 0.29) is 31.6 Å². The molecule has 0 saturated heterocycles. The summed E-state index contributed by atoms with van der Waals surface area (Å²) in [5, 5.41) is 0. The van der Waals surface area contributed by atoms with Crippen LogP contribution in [0.4, 0.5) is 0 Å². The summed E-state index contributed by atoms with van der Waals surface area (Å²) < 4.78 is 16.6. The quantitative estimate of drug-likeness (QED) is 0.0263. The van der Waals surface area contributed by atoms with E-state index in [2.05, 4.69) is 106 Å². The first-order valence-electron chi connectivity index (χ1n) is 25.2. The molecule has 0 rings (SSSR count). The van der Waals surface area contributed by atoms with Gasteiger partial charge in [0.2, 0.25) is 0 Å². The van der Waals surface area contributed by atoms with Crippen molar-refractivity contribution in [2.45, 2.75) is 226 Å². The van der Waals surface area contributed by atoms with E-state index in [1.54, 1.807) is 6.08 Å². The Morgan fingerprint density at radius 1 is 0.355 bits per heavy atom. The van der Waals surface area contributed by atoms with Gasteiger partial charge in [-0.3, -0.25) is 14.4 Å². The fourth-order valence-corrected chi connectivity index (χ4v) is 6.65. The zero-order valence-electron chi connectivity index (χ0n) is 40.1. The van der Waals surface area contributed by atoms with Gasteiger partial charge in [0.15, 0.2) is 6.10 Å². The summed E-state index contributed by atoms with van der Waals surface area (Å²) in [5.41, 5.74) is 0. The van der Waals surface area contributed by atoms with E-state index in [4.69, 9.17) is 14.2 Å². The smallest absolute Gasteiger partial charge is 0.310 e. The second-order valence-corrected chi connectivity index (χ2v) is 16.3. The number of allylic oxidation sites excluding steroid dienone is 15. The molecular weight excluding hydrogens is 769 g/mol. The number of ether oxygens (including phenoxy) is 3. The lowest BCUT2D eigenvalue weighted by molar-refractivity contribution is -0.166. The maximum Gasteiger partial charge on any atom is 0.310 e. The first kappa shape index (κ1) is 58.3. The van der Waals surface area contributed by atoms with Crippen molar-refractivity contribution in [3.63, 3.8) is 0 Å². The van der Waals surface area contributed by atoms with E-state index < -0.39 is 12.1 Å². The standard InChI is InChI=1S/C56H92O6/c1-4-7-10-13-16-19-22-25-27-29-31-34-37-40-43-46-49-55(58)61-52-53(51-60-54(57)48-45-42-39-36-33-30-24-21-18-15-12-9-6-3)62-56(59)50-47-44-41-38-35-32-28-26-23-20-17-14-11-8-5-2/h8-9,11-12,17-18,20-21,26,28,30,33,35,38,44,47,53H,4-7,10,13-16,19,22-25,27,29,31-32,34,36-37,39-43,45-46,48-52H2,1-3H3/b11-8-,12-9-,20-17-,21-18-,28-26-,33-30-,38-35-,47-44-. The molecule has 6 heteroatoms. The SMILES string of the molecule is CC/C=C\C/C=C\C/C=C\C/C=C\C/C=C\CC(=O)OC(COC(=O)CCCCC/C=C\C/C=C\C/C=C\CC)COC(=O)CCCCCCCCCCCCCCCCCC. The van der Waals surface area contributed by atoms with Crippen LogP contribution in [0.1, 0.15) is 220 Å².